The maximum atomic E-state index is 12.1. The van der Waals surface area contributed by atoms with Crippen molar-refractivity contribution < 1.29 is 9.59 Å². The van der Waals surface area contributed by atoms with Crippen molar-refractivity contribution in [2.24, 2.45) is 0 Å². The first-order chi connectivity index (χ1) is 10.8. The Labute approximate surface area is 135 Å². The lowest BCUT2D eigenvalue weighted by molar-refractivity contribution is -0.122. The van der Waals surface area contributed by atoms with Gasteiger partial charge in [0.15, 0.2) is 5.78 Å². The van der Waals surface area contributed by atoms with Crippen LogP contribution >= 0.6 is 0 Å². The first-order valence-electron chi connectivity index (χ1n) is 7.40. The second-order valence-electron chi connectivity index (χ2n) is 5.60. The Kier molecular flexibility index (Phi) is 4.88. The van der Waals surface area contributed by atoms with E-state index < -0.39 is 0 Å². The van der Waals surface area contributed by atoms with Crippen LogP contribution in [0.5, 0.6) is 0 Å². The van der Waals surface area contributed by atoms with Crippen LogP contribution in [0.4, 0.5) is 0 Å². The number of aromatic nitrogens is 4. The third-order valence-corrected chi connectivity index (χ3v) is 3.50. The Morgan fingerprint density at radius 1 is 1.13 bits per heavy atom. The molecule has 7 heteroatoms. The summed E-state index contributed by atoms with van der Waals surface area (Å²) < 4.78 is 1.55. The zero-order valence-corrected chi connectivity index (χ0v) is 14.1. The third kappa shape index (κ3) is 4.00. The highest BCUT2D eigenvalue weighted by Crippen LogP contribution is 2.13. The van der Waals surface area contributed by atoms with Gasteiger partial charge in [-0.1, -0.05) is 0 Å². The summed E-state index contributed by atoms with van der Waals surface area (Å²) in [6.45, 7) is 9.15. The molecule has 0 aliphatic carbocycles. The molecule has 1 amide bonds. The first-order valence-corrected chi connectivity index (χ1v) is 7.40. The van der Waals surface area contributed by atoms with Gasteiger partial charge in [-0.2, -0.15) is 5.10 Å². The summed E-state index contributed by atoms with van der Waals surface area (Å²) in [6, 6.07) is 1.88. The Bertz CT molecular complexity index is 744. The molecular formula is C16H21N5O2. The molecule has 0 saturated heterocycles. The minimum atomic E-state index is -0.200. The van der Waals surface area contributed by atoms with Gasteiger partial charge in [-0.25, -0.2) is 9.97 Å². The van der Waals surface area contributed by atoms with Gasteiger partial charge < -0.3 is 5.32 Å². The Morgan fingerprint density at radius 2 is 1.74 bits per heavy atom. The van der Waals surface area contributed by atoms with Crippen LogP contribution in [-0.2, 0) is 17.9 Å². The van der Waals surface area contributed by atoms with Crippen LogP contribution in [0.15, 0.2) is 6.07 Å². The summed E-state index contributed by atoms with van der Waals surface area (Å²) in [5.41, 5.74) is 3.65. The molecule has 0 aliphatic heterocycles. The summed E-state index contributed by atoms with van der Waals surface area (Å²) >= 11 is 0. The number of nitrogens with zero attached hydrogens (tertiary/aromatic N) is 4. The zero-order chi connectivity index (χ0) is 17.1. The highest BCUT2D eigenvalue weighted by atomic mass is 16.2. The van der Waals surface area contributed by atoms with Gasteiger partial charge in [-0.05, 0) is 40.7 Å². The molecule has 122 valence electrons. The largest absolute Gasteiger partial charge is 0.347 e. The fourth-order valence-corrected chi connectivity index (χ4v) is 2.61. The lowest BCUT2D eigenvalue weighted by Gasteiger charge is -2.07. The fourth-order valence-electron chi connectivity index (χ4n) is 2.61. The number of hydrogen-bond acceptors (Lipinski definition) is 5. The van der Waals surface area contributed by atoms with Gasteiger partial charge in [-0.3, -0.25) is 14.3 Å². The van der Waals surface area contributed by atoms with Crippen LogP contribution in [0.3, 0.4) is 0 Å². The number of carbonyl (C=O) groups excluding carboxylic acids is 2. The second kappa shape index (κ2) is 6.68. The molecule has 0 unspecified atom stereocenters. The lowest BCUT2D eigenvalue weighted by atomic mass is 10.1. The summed E-state index contributed by atoms with van der Waals surface area (Å²) in [5, 5.41) is 7.04. The molecule has 2 rings (SSSR count). The third-order valence-electron chi connectivity index (χ3n) is 3.50. The molecule has 0 spiro atoms. The van der Waals surface area contributed by atoms with Crippen molar-refractivity contribution in [2.75, 3.05) is 0 Å². The van der Waals surface area contributed by atoms with Crippen LogP contribution in [0.2, 0.25) is 0 Å². The van der Waals surface area contributed by atoms with Crippen LogP contribution in [0, 0.1) is 27.7 Å². The van der Waals surface area contributed by atoms with E-state index in [1.807, 2.05) is 19.9 Å². The van der Waals surface area contributed by atoms with E-state index in [-0.39, 0.29) is 24.8 Å². The molecule has 0 aliphatic rings. The Balaban J connectivity index is 2.03. The average Bonchev–Trinajstić information content (AvgIpc) is 2.70. The van der Waals surface area contributed by atoms with Gasteiger partial charge in [0.1, 0.15) is 12.4 Å². The minimum Gasteiger partial charge on any atom is -0.347 e. The van der Waals surface area contributed by atoms with Crippen molar-refractivity contribution in [1.82, 2.24) is 25.1 Å². The van der Waals surface area contributed by atoms with Gasteiger partial charge in [0.05, 0.1) is 17.8 Å². The molecule has 2 aromatic heterocycles. The molecule has 2 heterocycles. The van der Waals surface area contributed by atoms with Crippen LogP contribution in [0.25, 0.3) is 0 Å². The molecule has 0 fully saturated rings. The standard InChI is InChI=1S/C16H21N5O2/c1-9-6-10(2)19-14(18-9)7-17-15(23)8-21-12(4)16(13(5)22)11(3)20-21/h6H,7-8H2,1-5H3,(H,17,23). The summed E-state index contributed by atoms with van der Waals surface area (Å²) in [4.78, 5) is 32.2. The number of carbonyl (C=O) groups is 2. The second-order valence-corrected chi connectivity index (χ2v) is 5.60. The van der Waals surface area contributed by atoms with E-state index in [4.69, 9.17) is 0 Å². The summed E-state index contributed by atoms with van der Waals surface area (Å²) in [5.74, 6) is 0.331. The smallest absolute Gasteiger partial charge is 0.242 e. The maximum absolute atomic E-state index is 12.1. The Morgan fingerprint density at radius 3 is 2.26 bits per heavy atom. The van der Waals surface area contributed by atoms with E-state index in [9.17, 15) is 9.59 Å². The van der Waals surface area contributed by atoms with E-state index in [1.54, 1.807) is 18.5 Å². The van der Waals surface area contributed by atoms with Gasteiger partial charge in [-0.15, -0.1) is 0 Å². The van der Waals surface area contributed by atoms with Crippen LogP contribution < -0.4 is 5.32 Å². The highest BCUT2D eigenvalue weighted by molar-refractivity contribution is 5.96. The number of rotatable bonds is 5. The summed E-state index contributed by atoms with van der Waals surface area (Å²) in [6.07, 6.45) is 0. The first kappa shape index (κ1) is 16.8. The molecule has 0 atom stereocenters. The van der Waals surface area contributed by atoms with Crippen LogP contribution in [0.1, 0.15) is 45.9 Å². The molecule has 0 saturated carbocycles. The van der Waals surface area contributed by atoms with Crippen molar-refractivity contribution in [3.8, 4) is 0 Å². The lowest BCUT2D eigenvalue weighted by Crippen LogP contribution is -2.29. The monoisotopic (exact) mass is 315 g/mol. The SMILES string of the molecule is CC(=O)c1c(C)nn(CC(=O)NCc2nc(C)cc(C)n2)c1C. The number of amides is 1. The average molecular weight is 315 g/mol. The number of nitrogens with one attached hydrogen (secondary N) is 1. The van der Waals surface area contributed by atoms with Gasteiger partial charge in [0, 0.05) is 17.1 Å². The van der Waals surface area contributed by atoms with Crippen molar-refractivity contribution >= 4 is 11.7 Å². The van der Waals surface area contributed by atoms with E-state index in [0.29, 0.717) is 22.8 Å². The fraction of sp³-hybridized carbons (Fsp3) is 0.438. The zero-order valence-electron chi connectivity index (χ0n) is 14.1. The van der Waals surface area contributed by atoms with E-state index >= 15 is 0 Å². The highest BCUT2D eigenvalue weighted by Gasteiger charge is 2.16. The molecule has 2 aromatic rings. The van der Waals surface area contributed by atoms with Gasteiger partial charge in [0.2, 0.25) is 5.91 Å². The predicted molar refractivity (Wildman–Crippen MR) is 85.1 cm³/mol. The molecule has 1 N–H and O–H groups in total. The van der Waals surface area contributed by atoms with E-state index in [0.717, 1.165) is 11.4 Å². The van der Waals surface area contributed by atoms with E-state index in [2.05, 4.69) is 20.4 Å². The van der Waals surface area contributed by atoms with Crippen molar-refractivity contribution in [1.29, 1.82) is 0 Å². The topological polar surface area (TPSA) is 89.8 Å². The molecule has 0 aromatic carbocycles. The molecule has 0 radical (unpaired) electrons. The van der Waals surface area contributed by atoms with Gasteiger partial charge in [0.25, 0.3) is 0 Å². The number of hydrogen-bond donors (Lipinski definition) is 1. The number of ketones is 1. The number of Topliss-reactive ketones (excluding diaryl/α,β-unsaturated/α-hetero) is 1. The quantitative estimate of drug-likeness (QED) is 0.843. The number of aryl methyl sites for hydroxylation is 3. The van der Waals surface area contributed by atoms with Crippen molar-refractivity contribution in [3.05, 3.63) is 40.2 Å². The van der Waals surface area contributed by atoms with E-state index in [1.165, 1.54) is 6.92 Å². The molecular weight excluding hydrogens is 294 g/mol. The predicted octanol–water partition coefficient (Wildman–Crippen LogP) is 1.43. The summed E-state index contributed by atoms with van der Waals surface area (Å²) in [7, 11) is 0. The minimum absolute atomic E-state index is 0.0460. The molecule has 23 heavy (non-hydrogen) atoms. The molecule has 0 bridgehead atoms. The van der Waals surface area contributed by atoms with Gasteiger partial charge >= 0.3 is 0 Å². The Hall–Kier alpha value is -2.57. The van der Waals surface area contributed by atoms with Crippen molar-refractivity contribution in [3.63, 3.8) is 0 Å². The van der Waals surface area contributed by atoms with Crippen LogP contribution in [-0.4, -0.2) is 31.4 Å². The maximum Gasteiger partial charge on any atom is 0.242 e. The van der Waals surface area contributed by atoms with Crippen molar-refractivity contribution in [2.45, 2.75) is 47.7 Å². The molecule has 7 nitrogen and oxygen atoms in total. The normalized spacial score (nSPS) is 10.7.